The van der Waals surface area contributed by atoms with Crippen molar-refractivity contribution in [2.24, 2.45) is 7.05 Å². The summed E-state index contributed by atoms with van der Waals surface area (Å²) < 4.78 is 14.8. The lowest BCUT2D eigenvalue weighted by Crippen LogP contribution is -2.17. The fourth-order valence-electron chi connectivity index (χ4n) is 1.70. The van der Waals surface area contributed by atoms with Crippen molar-refractivity contribution in [3.8, 4) is 0 Å². The maximum atomic E-state index is 13.0. The van der Waals surface area contributed by atoms with Crippen molar-refractivity contribution >= 4 is 0 Å². The van der Waals surface area contributed by atoms with E-state index in [0.717, 1.165) is 11.1 Å². The summed E-state index contributed by atoms with van der Waals surface area (Å²) >= 11 is 0. The molecule has 0 fully saturated rings. The molecular weight excluding hydrogens is 217 g/mol. The summed E-state index contributed by atoms with van der Waals surface area (Å²) in [5.74, 6) is -0.196. The van der Waals surface area contributed by atoms with Crippen LogP contribution in [-0.2, 0) is 13.6 Å². The van der Waals surface area contributed by atoms with Gasteiger partial charge in [0.15, 0.2) is 0 Å². The molecule has 3 nitrogen and oxygen atoms in total. The predicted octanol–water partition coefficient (Wildman–Crippen LogP) is 2.41. The first-order chi connectivity index (χ1) is 8.15. The molecule has 0 amide bonds. The molecule has 0 aliphatic carbocycles. The zero-order valence-electron chi connectivity index (χ0n) is 10.0. The fraction of sp³-hybridized carbons (Fsp3) is 0.308. The van der Waals surface area contributed by atoms with E-state index >= 15 is 0 Å². The first kappa shape index (κ1) is 11.8. The van der Waals surface area contributed by atoms with Crippen molar-refractivity contribution in [2.75, 3.05) is 0 Å². The molecule has 1 unspecified atom stereocenters. The van der Waals surface area contributed by atoms with Gasteiger partial charge in [0.1, 0.15) is 5.82 Å². The number of rotatable bonds is 4. The van der Waals surface area contributed by atoms with Gasteiger partial charge in [0, 0.05) is 31.4 Å². The van der Waals surface area contributed by atoms with E-state index in [-0.39, 0.29) is 11.9 Å². The molecule has 4 heteroatoms. The average Bonchev–Trinajstić information content (AvgIpc) is 2.73. The predicted molar refractivity (Wildman–Crippen MR) is 64.9 cm³/mol. The SMILES string of the molecule is CC(NCc1cccc(F)c1)c1cnn(C)c1. The van der Waals surface area contributed by atoms with E-state index in [1.807, 2.05) is 25.5 Å². The lowest BCUT2D eigenvalue weighted by Gasteiger charge is -2.11. The Labute approximate surface area is 100 Å². The largest absolute Gasteiger partial charge is 0.306 e. The smallest absolute Gasteiger partial charge is 0.123 e. The van der Waals surface area contributed by atoms with Crippen molar-refractivity contribution in [3.05, 3.63) is 53.6 Å². The van der Waals surface area contributed by atoms with Gasteiger partial charge in [-0.2, -0.15) is 5.10 Å². The molecule has 0 saturated carbocycles. The van der Waals surface area contributed by atoms with E-state index in [9.17, 15) is 4.39 Å². The molecule has 1 N–H and O–H groups in total. The minimum absolute atomic E-state index is 0.196. The second kappa shape index (κ2) is 5.10. The molecule has 0 aliphatic rings. The third-order valence-electron chi connectivity index (χ3n) is 2.73. The van der Waals surface area contributed by atoms with Crippen molar-refractivity contribution < 1.29 is 4.39 Å². The van der Waals surface area contributed by atoms with E-state index in [1.165, 1.54) is 6.07 Å². The molecule has 1 aromatic carbocycles. The maximum absolute atomic E-state index is 13.0. The number of aryl methyl sites for hydroxylation is 1. The van der Waals surface area contributed by atoms with E-state index in [0.29, 0.717) is 6.54 Å². The number of benzene rings is 1. The van der Waals surface area contributed by atoms with Crippen molar-refractivity contribution in [1.82, 2.24) is 15.1 Å². The molecule has 1 heterocycles. The summed E-state index contributed by atoms with van der Waals surface area (Å²) in [6.07, 6.45) is 3.81. The van der Waals surface area contributed by atoms with Gasteiger partial charge in [0.05, 0.1) is 6.20 Å². The number of aromatic nitrogens is 2. The van der Waals surface area contributed by atoms with Gasteiger partial charge in [0.2, 0.25) is 0 Å². The Bertz CT molecular complexity index is 493. The molecule has 0 saturated heterocycles. The zero-order valence-corrected chi connectivity index (χ0v) is 10.0. The first-order valence-electron chi connectivity index (χ1n) is 5.61. The number of hydrogen-bond donors (Lipinski definition) is 1. The van der Waals surface area contributed by atoms with Gasteiger partial charge >= 0.3 is 0 Å². The van der Waals surface area contributed by atoms with Crippen LogP contribution < -0.4 is 5.32 Å². The summed E-state index contributed by atoms with van der Waals surface area (Å²) in [5.41, 5.74) is 2.07. The van der Waals surface area contributed by atoms with Gasteiger partial charge in [-0.25, -0.2) is 4.39 Å². The van der Waals surface area contributed by atoms with Crippen molar-refractivity contribution in [2.45, 2.75) is 19.5 Å². The van der Waals surface area contributed by atoms with Crippen LogP contribution in [0.3, 0.4) is 0 Å². The third kappa shape index (κ3) is 3.14. The topological polar surface area (TPSA) is 29.9 Å². The molecule has 1 atom stereocenters. The van der Waals surface area contributed by atoms with Gasteiger partial charge < -0.3 is 5.32 Å². The molecular formula is C13H16FN3. The normalized spacial score (nSPS) is 12.6. The average molecular weight is 233 g/mol. The Morgan fingerprint density at radius 3 is 2.94 bits per heavy atom. The monoisotopic (exact) mass is 233 g/mol. The minimum Gasteiger partial charge on any atom is -0.306 e. The van der Waals surface area contributed by atoms with Crippen LogP contribution in [0.5, 0.6) is 0 Å². The maximum Gasteiger partial charge on any atom is 0.123 e. The van der Waals surface area contributed by atoms with Crippen LogP contribution in [0.1, 0.15) is 24.1 Å². The van der Waals surface area contributed by atoms with Gasteiger partial charge in [-0.3, -0.25) is 4.68 Å². The summed E-state index contributed by atoms with van der Waals surface area (Å²) in [5, 5.41) is 7.46. The lowest BCUT2D eigenvalue weighted by atomic mass is 10.1. The Hall–Kier alpha value is -1.68. The minimum atomic E-state index is -0.196. The summed E-state index contributed by atoms with van der Waals surface area (Å²) in [7, 11) is 1.89. The van der Waals surface area contributed by atoms with Crippen LogP contribution in [0.25, 0.3) is 0 Å². The number of halogens is 1. The third-order valence-corrected chi connectivity index (χ3v) is 2.73. The van der Waals surface area contributed by atoms with Crippen LogP contribution in [-0.4, -0.2) is 9.78 Å². The molecule has 0 aliphatic heterocycles. The molecule has 2 aromatic rings. The fourth-order valence-corrected chi connectivity index (χ4v) is 1.70. The highest BCUT2D eigenvalue weighted by molar-refractivity contribution is 5.17. The number of nitrogens with zero attached hydrogens (tertiary/aromatic N) is 2. The van der Waals surface area contributed by atoms with Gasteiger partial charge in [-0.1, -0.05) is 12.1 Å². The van der Waals surface area contributed by atoms with E-state index in [1.54, 1.807) is 16.8 Å². The molecule has 17 heavy (non-hydrogen) atoms. The second-order valence-corrected chi connectivity index (χ2v) is 4.18. The Morgan fingerprint density at radius 1 is 1.47 bits per heavy atom. The molecule has 0 radical (unpaired) electrons. The van der Waals surface area contributed by atoms with E-state index in [2.05, 4.69) is 17.3 Å². The molecule has 2 rings (SSSR count). The van der Waals surface area contributed by atoms with Crippen LogP contribution in [0.4, 0.5) is 4.39 Å². The van der Waals surface area contributed by atoms with Crippen molar-refractivity contribution in [1.29, 1.82) is 0 Å². The van der Waals surface area contributed by atoms with Gasteiger partial charge in [-0.15, -0.1) is 0 Å². The highest BCUT2D eigenvalue weighted by Crippen LogP contribution is 2.12. The molecule has 1 aromatic heterocycles. The van der Waals surface area contributed by atoms with Crippen molar-refractivity contribution in [3.63, 3.8) is 0 Å². The number of nitrogens with one attached hydrogen (secondary N) is 1. The van der Waals surface area contributed by atoms with Gasteiger partial charge in [-0.05, 0) is 24.6 Å². The summed E-state index contributed by atoms with van der Waals surface area (Å²) in [6.45, 7) is 2.71. The quantitative estimate of drug-likeness (QED) is 0.878. The van der Waals surface area contributed by atoms with Crippen LogP contribution >= 0.6 is 0 Å². The Balaban J connectivity index is 1.94. The van der Waals surface area contributed by atoms with Gasteiger partial charge in [0.25, 0.3) is 0 Å². The number of hydrogen-bond acceptors (Lipinski definition) is 2. The van der Waals surface area contributed by atoms with Crippen LogP contribution in [0, 0.1) is 5.82 Å². The highest BCUT2D eigenvalue weighted by atomic mass is 19.1. The van der Waals surface area contributed by atoms with E-state index in [4.69, 9.17) is 0 Å². The molecule has 0 spiro atoms. The second-order valence-electron chi connectivity index (χ2n) is 4.18. The van der Waals surface area contributed by atoms with E-state index < -0.39 is 0 Å². The Kier molecular flexibility index (Phi) is 3.54. The summed E-state index contributed by atoms with van der Waals surface area (Å²) in [6, 6.07) is 6.83. The van der Waals surface area contributed by atoms with Crippen LogP contribution in [0.15, 0.2) is 36.7 Å². The zero-order chi connectivity index (χ0) is 12.3. The van der Waals surface area contributed by atoms with Crippen LogP contribution in [0.2, 0.25) is 0 Å². The standard InChI is InChI=1S/C13H16FN3/c1-10(12-8-16-17(2)9-12)15-7-11-4-3-5-13(14)6-11/h3-6,8-10,15H,7H2,1-2H3. The molecule has 0 bridgehead atoms. The summed E-state index contributed by atoms with van der Waals surface area (Å²) in [4.78, 5) is 0. The lowest BCUT2D eigenvalue weighted by molar-refractivity contribution is 0.569. The first-order valence-corrected chi connectivity index (χ1v) is 5.61. The Morgan fingerprint density at radius 2 is 2.29 bits per heavy atom. The molecule has 90 valence electrons. The highest BCUT2D eigenvalue weighted by Gasteiger charge is 2.06.